The van der Waals surface area contributed by atoms with Crippen LogP contribution in [0.1, 0.15) is 19.4 Å². The highest BCUT2D eigenvalue weighted by Crippen LogP contribution is 2.30. The van der Waals surface area contributed by atoms with Crippen LogP contribution in [0.4, 0.5) is 39.4 Å². The van der Waals surface area contributed by atoms with Gasteiger partial charge in [-0.25, -0.2) is 9.18 Å². The lowest BCUT2D eigenvalue weighted by Crippen LogP contribution is -2.15. The monoisotopic (exact) mass is 372 g/mol. The number of benzene rings is 2. The van der Waals surface area contributed by atoms with Crippen molar-refractivity contribution in [3.63, 3.8) is 0 Å². The van der Waals surface area contributed by atoms with Crippen molar-refractivity contribution in [1.82, 2.24) is 0 Å². The smallest absolute Gasteiger partial charge is 0.416 e. The van der Waals surface area contributed by atoms with Crippen molar-refractivity contribution in [3.05, 3.63) is 53.3 Å². The van der Waals surface area contributed by atoms with Crippen LogP contribution >= 0.6 is 0 Å². The molecule has 2 rings (SSSR count). The molecule has 0 unspecified atom stereocenters. The summed E-state index contributed by atoms with van der Waals surface area (Å²) in [4.78, 5) is 11.4. The van der Waals surface area contributed by atoms with E-state index in [4.69, 9.17) is 7.10 Å². The number of halogens is 4. The van der Waals surface area contributed by atoms with Crippen LogP contribution in [0.15, 0.2) is 36.4 Å². The topological polar surface area (TPSA) is 76.4 Å². The molecular formula is C17H17F4N3O2. The zero-order valence-corrected chi connectivity index (χ0v) is 13.7. The van der Waals surface area contributed by atoms with Gasteiger partial charge in [0.05, 0.1) is 30.6 Å². The van der Waals surface area contributed by atoms with Crippen LogP contribution in [0.5, 0.6) is 0 Å². The molecule has 4 N–H and O–H groups in total. The first kappa shape index (κ1) is 17.8. The van der Waals surface area contributed by atoms with E-state index >= 15 is 0 Å². The number of hydrogen-bond acceptors (Lipinski definition) is 4. The second-order valence-corrected chi connectivity index (χ2v) is 5.20. The molecule has 0 saturated heterocycles. The minimum atomic E-state index is -4.44. The van der Waals surface area contributed by atoms with E-state index in [1.54, 1.807) is 6.92 Å². The highest BCUT2D eigenvalue weighted by atomic mass is 19.4. The fourth-order valence-corrected chi connectivity index (χ4v) is 2.05. The number of rotatable bonds is 5. The lowest BCUT2D eigenvalue weighted by molar-refractivity contribution is -0.137. The maximum atomic E-state index is 14.4. The van der Waals surface area contributed by atoms with Gasteiger partial charge in [-0.05, 0) is 36.7 Å². The summed E-state index contributed by atoms with van der Waals surface area (Å²) in [7, 11) is 0. The van der Waals surface area contributed by atoms with Crippen molar-refractivity contribution >= 4 is 23.2 Å². The van der Waals surface area contributed by atoms with Crippen LogP contribution < -0.4 is 16.4 Å². The summed E-state index contributed by atoms with van der Waals surface area (Å²) < 4.78 is 64.6. The molecule has 0 spiro atoms. The summed E-state index contributed by atoms with van der Waals surface area (Å²) in [6.07, 6.45) is -5.28. The molecular weight excluding hydrogens is 354 g/mol. The van der Waals surface area contributed by atoms with Gasteiger partial charge < -0.3 is 15.8 Å². The highest BCUT2D eigenvalue weighted by molar-refractivity contribution is 5.90. The van der Waals surface area contributed by atoms with E-state index in [1.165, 1.54) is 12.1 Å². The molecule has 9 heteroatoms. The molecule has 2 aromatic rings. The molecule has 0 aromatic heterocycles. The number of anilines is 3. The number of nitrogen functional groups attached to an aromatic ring is 1. The Labute approximate surface area is 148 Å². The fraction of sp³-hybridized carbons (Fsp3) is 0.235. The number of carbonyl (C=O) groups excluding carboxylic acids is 1. The van der Waals surface area contributed by atoms with E-state index in [9.17, 15) is 22.4 Å². The van der Waals surface area contributed by atoms with Crippen LogP contribution in [0.2, 0.25) is 0 Å². The fourth-order valence-electron chi connectivity index (χ4n) is 2.05. The summed E-state index contributed by atoms with van der Waals surface area (Å²) in [6, 6.07) is 5.17. The Morgan fingerprint density at radius 3 is 2.46 bits per heavy atom. The maximum Gasteiger partial charge on any atom is 0.416 e. The molecule has 26 heavy (non-hydrogen) atoms. The average Bonchev–Trinajstić information content (AvgIpc) is 2.59. The molecule has 0 fully saturated rings. The molecule has 0 bridgehead atoms. The third-order valence-electron chi connectivity index (χ3n) is 3.37. The minimum absolute atomic E-state index is 0.0228. The SMILES string of the molecule is [2H]c1cc(NC(=O)OCC)c(N)c(F)c1NCc1ccc(C(F)(F)F)cc1. The van der Waals surface area contributed by atoms with Gasteiger partial charge in [0.1, 0.15) is 0 Å². The first-order valence-electron chi connectivity index (χ1n) is 8.05. The van der Waals surface area contributed by atoms with Gasteiger partial charge in [-0.15, -0.1) is 0 Å². The molecule has 0 aliphatic rings. The Bertz CT molecular complexity index is 826. The van der Waals surface area contributed by atoms with Gasteiger partial charge >= 0.3 is 12.3 Å². The predicted molar refractivity (Wildman–Crippen MR) is 90.2 cm³/mol. The quantitative estimate of drug-likeness (QED) is 0.529. The molecule has 0 heterocycles. The average molecular weight is 372 g/mol. The van der Waals surface area contributed by atoms with E-state index in [2.05, 4.69) is 15.4 Å². The lowest BCUT2D eigenvalue weighted by Gasteiger charge is -2.13. The zero-order valence-electron chi connectivity index (χ0n) is 14.7. The second kappa shape index (κ2) is 7.94. The van der Waals surface area contributed by atoms with Gasteiger partial charge in [-0.2, -0.15) is 13.2 Å². The van der Waals surface area contributed by atoms with E-state index in [1.807, 2.05) is 0 Å². The standard InChI is InChI=1S/C17H17F4N3O2/c1-2-26-16(25)24-13-8-7-12(14(18)15(13)22)23-9-10-3-5-11(6-4-10)17(19,20)21/h3-8,23H,2,9,22H2,1H3,(H,24,25)/i7D. The minimum Gasteiger partial charge on any atom is -0.450 e. The summed E-state index contributed by atoms with van der Waals surface area (Å²) in [6.45, 7) is 1.67. The van der Waals surface area contributed by atoms with E-state index in [0.717, 1.165) is 18.2 Å². The Morgan fingerprint density at radius 2 is 1.88 bits per heavy atom. The number of carbonyl (C=O) groups is 1. The van der Waals surface area contributed by atoms with Crippen LogP contribution in [-0.4, -0.2) is 12.7 Å². The zero-order chi connectivity index (χ0) is 20.2. The summed E-state index contributed by atoms with van der Waals surface area (Å²) in [5, 5.41) is 4.87. The number of hydrogen-bond donors (Lipinski definition) is 3. The molecule has 0 aliphatic carbocycles. The lowest BCUT2D eigenvalue weighted by atomic mass is 10.1. The van der Waals surface area contributed by atoms with Crippen molar-refractivity contribution in [2.24, 2.45) is 0 Å². The molecule has 2 aromatic carbocycles. The Morgan fingerprint density at radius 1 is 1.23 bits per heavy atom. The van der Waals surface area contributed by atoms with Crippen molar-refractivity contribution in [2.45, 2.75) is 19.6 Å². The van der Waals surface area contributed by atoms with Crippen molar-refractivity contribution in [1.29, 1.82) is 0 Å². The van der Waals surface area contributed by atoms with E-state index < -0.39 is 29.3 Å². The number of ether oxygens (including phenoxy) is 1. The number of alkyl halides is 3. The first-order chi connectivity index (χ1) is 12.6. The molecule has 0 saturated carbocycles. The van der Waals surface area contributed by atoms with Crippen LogP contribution in [0.3, 0.4) is 0 Å². The molecule has 1 amide bonds. The number of nitrogens with two attached hydrogens (primary N) is 1. The molecule has 5 nitrogen and oxygen atoms in total. The Balaban J connectivity index is 2.15. The highest BCUT2D eigenvalue weighted by Gasteiger charge is 2.29. The third kappa shape index (κ3) is 4.78. The van der Waals surface area contributed by atoms with Gasteiger partial charge in [-0.1, -0.05) is 12.1 Å². The van der Waals surface area contributed by atoms with Gasteiger partial charge in [0.25, 0.3) is 0 Å². The number of amides is 1. The van der Waals surface area contributed by atoms with Crippen molar-refractivity contribution < 1.29 is 28.5 Å². The summed E-state index contributed by atoms with van der Waals surface area (Å²) in [5.41, 5.74) is 4.55. The van der Waals surface area contributed by atoms with Gasteiger partial charge in [0.2, 0.25) is 0 Å². The van der Waals surface area contributed by atoms with Gasteiger partial charge in [-0.3, -0.25) is 5.32 Å². The summed E-state index contributed by atoms with van der Waals surface area (Å²) in [5.74, 6) is -0.957. The Kier molecular flexibility index (Phi) is 5.45. The van der Waals surface area contributed by atoms with E-state index in [0.29, 0.717) is 5.56 Å². The number of nitrogens with one attached hydrogen (secondary N) is 2. The first-order valence-corrected chi connectivity index (χ1v) is 7.55. The largest absolute Gasteiger partial charge is 0.450 e. The van der Waals surface area contributed by atoms with Gasteiger partial charge in [0.15, 0.2) is 5.82 Å². The van der Waals surface area contributed by atoms with Crippen LogP contribution in [-0.2, 0) is 17.5 Å². The Hall–Kier alpha value is -2.97. The van der Waals surface area contributed by atoms with Crippen molar-refractivity contribution in [3.8, 4) is 0 Å². The van der Waals surface area contributed by atoms with Crippen LogP contribution in [0, 0.1) is 5.82 Å². The normalized spacial score (nSPS) is 11.7. The van der Waals surface area contributed by atoms with Gasteiger partial charge in [0, 0.05) is 6.54 Å². The molecule has 0 atom stereocenters. The summed E-state index contributed by atoms with van der Waals surface area (Å²) >= 11 is 0. The third-order valence-corrected chi connectivity index (χ3v) is 3.37. The predicted octanol–water partition coefficient (Wildman–Crippen LogP) is 4.61. The van der Waals surface area contributed by atoms with Crippen molar-refractivity contribution in [2.75, 3.05) is 23.0 Å². The molecule has 0 radical (unpaired) electrons. The van der Waals surface area contributed by atoms with Crippen LogP contribution in [0.25, 0.3) is 0 Å². The molecule has 140 valence electrons. The van der Waals surface area contributed by atoms with E-state index in [-0.39, 0.29) is 30.6 Å². The maximum absolute atomic E-state index is 14.4. The second-order valence-electron chi connectivity index (χ2n) is 5.20. The molecule has 0 aliphatic heterocycles.